The van der Waals surface area contributed by atoms with Crippen LogP contribution in [0.4, 0.5) is 0 Å². The maximum Gasteiger partial charge on any atom is 0.356 e. The van der Waals surface area contributed by atoms with Crippen LogP contribution < -0.4 is 4.74 Å². The van der Waals surface area contributed by atoms with Crippen molar-refractivity contribution in [2.75, 3.05) is 27.4 Å². The van der Waals surface area contributed by atoms with Gasteiger partial charge in [0.15, 0.2) is 5.69 Å². The topological polar surface area (TPSA) is 57.7 Å². The van der Waals surface area contributed by atoms with Gasteiger partial charge in [-0.25, -0.2) is 9.78 Å². The average molecular weight is 310 g/mol. The third-order valence-electron chi connectivity index (χ3n) is 2.89. The Morgan fingerprint density at radius 1 is 1.29 bits per heavy atom. The Hall–Kier alpha value is -1.85. The van der Waals surface area contributed by atoms with Crippen LogP contribution in [0.3, 0.4) is 0 Å². The first-order valence-electron chi connectivity index (χ1n) is 6.46. The SMILES string of the molecule is COCCCOc1cc(C(=O)OC)nc2cccc(Cl)c12. The summed E-state index contributed by atoms with van der Waals surface area (Å²) in [6.07, 6.45) is 0.734. The molecule has 0 amide bonds. The van der Waals surface area contributed by atoms with Gasteiger partial charge in [-0.05, 0) is 12.1 Å². The van der Waals surface area contributed by atoms with Crippen LogP contribution in [0.25, 0.3) is 10.9 Å². The van der Waals surface area contributed by atoms with E-state index in [4.69, 9.17) is 25.8 Å². The number of nitrogens with zero attached hydrogens (tertiary/aromatic N) is 1. The lowest BCUT2D eigenvalue weighted by molar-refractivity contribution is 0.0594. The lowest BCUT2D eigenvalue weighted by Crippen LogP contribution is -2.07. The Kier molecular flexibility index (Phi) is 5.36. The van der Waals surface area contributed by atoms with Crippen molar-refractivity contribution in [2.45, 2.75) is 6.42 Å². The molecule has 1 aromatic heterocycles. The number of benzene rings is 1. The Bertz CT molecular complexity index is 645. The largest absolute Gasteiger partial charge is 0.493 e. The van der Waals surface area contributed by atoms with E-state index in [1.807, 2.05) is 0 Å². The number of hydrogen-bond donors (Lipinski definition) is 0. The molecule has 112 valence electrons. The first-order valence-corrected chi connectivity index (χ1v) is 6.84. The molecule has 0 bridgehead atoms. The monoisotopic (exact) mass is 309 g/mol. The molecule has 0 saturated carbocycles. The van der Waals surface area contributed by atoms with E-state index >= 15 is 0 Å². The normalized spacial score (nSPS) is 10.6. The number of pyridine rings is 1. The van der Waals surface area contributed by atoms with E-state index in [-0.39, 0.29) is 5.69 Å². The van der Waals surface area contributed by atoms with E-state index in [0.29, 0.717) is 34.9 Å². The standard InChI is InChI=1S/C15H16ClNO4/c1-19-7-4-8-21-13-9-12(15(18)20-2)17-11-6-3-5-10(16)14(11)13/h3,5-6,9H,4,7-8H2,1-2H3. The Balaban J connectivity index is 2.41. The molecule has 0 aliphatic rings. The summed E-state index contributed by atoms with van der Waals surface area (Å²) in [5.41, 5.74) is 0.779. The van der Waals surface area contributed by atoms with Crippen molar-refractivity contribution in [1.29, 1.82) is 0 Å². The molecule has 0 saturated heterocycles. The van der Waals surface area contributed by atoms with Gasteiger partial charge in [-0.2, -0.15) is 0 Å². The number of hydrogen-bond acceptors (Lipinski definition) is 5. The highest BCUT2D eigenvalue weighted by atomic mass is 35.5. The van der Waals surface area contributed by atoms with Gasteiger partial charge in [0.2, 0.25) is 0 Å². The number of esters is 1. The van der Waals surface area contributed by atoms with Crippen LogP contribution in [-0.2, 0) is 9.47 Å². The number of halogens is 1. The summed E-state index contributed by atoms with van der Waals surface area (Å²) < 4.78 is 15.4. The maximum absolute atomic E-state index is 11.7. The zero-order valence-electron chi connectivity index (χ0n) is 11.9. The van der Waals surface area contributed by atoms with Gasteiger partial charge in [0, 0.05) is 26.2 Å². The second kappa shape index (κ2) is 7.24. The quantitative estimate of drug-likeness (QED) is 0.606. The number of carbonyl (C=O) groups excluding carboxylic acids is 1. The molecule has 0 radical (unpaired) electrons. The van der Waals surface area contributed by atoms with Gasteiger partial charge >= 0.3 is 5.97 Å². The Morgan fingerprint density at radius 3 is 2.81 bits per heavy atom. The lowest BCUT2D eigenvalue weighted by atomic mass is 10.1. The highest BCUT2D eigenvalue weighted by molar-refractivity contribution is 6.36. The number of rotatable bonds is 6. The molecule has 2 rings (SSSR count). The Morgan fingerprint density at radius 2 is 2.10 bits per heavy atom. The fourth-order valence-electron chi connectivity index (χ4n) is 1.92. The average Bonchev–Trinajstić information content (AvgIpc) is 2.50. The van der Waals surface area contributed by atoms with E-state index < -0.39 is 5.97 Å². The van der Waals surface area contributed by atoms with Crippen molar-refractivity contribution in [3.63, 3.8) is 0 Å². The van der Waals surface area contributed by atoms with E-state index in [1.165, 1.54) is 7.11 Å². The van der Waals surface area contributed by atoms with Gasteiger partial charge in [-0.1, -0.05) is 17.7 Å². The third kappa shape index (κ3) is 3.62. The molecular weight excluding hydrogens is 294 g/mol. The number of fused-ring (bicyclic) bond motifs is 1. The summed E-state index contributed by atoms with van der Waals surface area (Å²) in [5.74, 6) is 0.000667. The van der Waals surface area contributed by atoms with Crippen molar-refractivity contribution >= 4 is 28.5 Å². The van der Waals surface area contributed by atoms with Gasteiger partial charge < -0.3 is 14.2 Å². The van der Waals surface area contributed by atoms with Crippen LogP contribution in [0.1, 0.15) is 16.9 Å². The van der Waals surface area contributed by atoms with Crippen molar-refractivity contribution in [1.82, 2.24) is 4.98 Å². The van der Waals surface area contributed by atoms with E-state index in [9.17, 15) is 4.79 Å². The smallest absolute Gasteiger partial charge is 0.356 e. The molecular formula is C15H16ClNO4. The molecule has 0 aliphatic heterocycles. The van der Waals surface area contributed by atoms with Crippen molar-refractivity contribution in [3.05, 3.63) is 35.0 Å². The van der Waals surface area contributed by atoms with Gasteiger partial charge in [0.05, 0.1) is 29.6 Å². The first kappa shape index (κ1) is 15.5. The van der Waals surface area contributed by atoms with Crippen LogP contribution >= 0.6 is 11.6 Å². The fraction of sp³-hybridized carbons (Fsp3) is 0.333. The van der Waals surface area contributed by atoms with E-state index in [0.717, 1.165) is 6.42 Å². The summed E-state index contributed by atoms with van der Waals surface area (Å²) in [6, 6.07) is 6.85. The van der Waals surface area contributed by atoms with Gasteiger partial charge in [-0.15, -0.1) is 0 Å². The third-order valence-corrected chi connectivity index (χ3v) is 3.21. The minimum absolute atomic E-state index is 0.189. The molecule has 0 atom stereocenters. The van der Waals surface area contributed by atoms with Crippen LogP contribution in [-0.4, -0.2) is 38.4 Å². The molecule has 6 heteroatoms. The highest BCUT2D eigenvalue weighted by Crippen LogP contribution is 2.32. The predicted molar refractivity (Wildman–Crippen MR) is 80.1 cm³/mol. The fourth-order valence-corrected chi connectivity index (χ4v) is 2.18. The lowest BCUT2D eigenvalue weighted by Gasteiger charge is -2.11. The molecule has 0 unspecified atom stereocenters. The number of carbonyl (C=O) groups is 1. The second-order valence-corrected chi connectivity index (χ2v) is 4.73. The molecule has 0 N–H and O–H groups in total. The van der Waals surface area contributed by atoms with Crippen molar-refractivity contribution in [3.8, 4) is 5.75 Å². The summed E-state index contributed by atoms with van der Waals surface area (Å²) in [6.45, 7) is 1.05. The second-order valence-electron chi connectivity index (χ2n) is 4.33. The zero-order valence-corrected chi connectivity index (χ0v) is 12.6. The first-order chi connectivity index (χ1) is 10.2. The number of aromatic nitrogens is 1. The number of ether oxygens (including phenoxy) is 3. The van der Waals surface area contributed by atoms with Crippen molar-refractivity contribution in [2.24, 2.45) is 0 Å². The number of methoxy groups -OCH3 is 2. The predicted octanol–water partition coefficient (Wildman–Crippen LogP) is 3.09. The van der Waals surface area contributed by atoms with Crippen LogP contribution in [0.5, 0.6) is 5.75 Å². The zero-order chi connectivity index (χ0) is 15.2. The van der Waals surface area contributed by atoms with E-state index in [2.05, 4.69) is 4.98 Å². The molecule has 1 heterocycles. The molecule has 0 spiro atoms. The summed E-state index contributed by atoms with van der Waals surface area (Å²) in [7, 11) is 2.94. The van der Waals surface area contributed by atoms with Gasteiger partial charge in [0.25, 0.3) is 0 Å². The van der Waals surface area contributed by atoms with Crippen molar-refractivity contribution < 1.29 is 19.0 Å². The van der Waals surface area contributed by atoms with Crippen LogP contribution in [0, 0.1) is 0 Å². The van der Waals surface area contributed by atoms with Gasteiger partial charge in [-0.3, -0.25) is 0 Å². The Labute approximate surface area is 127 Å². The summed E-state index contributed by atoms with van der Waals surface area (Å²) in [4.78, 5) is 15.9. The summed E-state index contributed by atoms with van der Waals surface area (Å²) in [5, 5.41) is 1.21. The molecule has 5 nitrogen and oxygen atoms in total. The summed E-state index contributed by atoms with van der Waals surface area (Å²) >= 11 is 6.21. The van der Waals surface area contributed by atoms with E-state index in [1.54, 1.807) is 31.4 Å². The molecule has 0 fully saturated rings. The molecule has 2 aromatic rings. The molecule has 0 aliphatic carbocycles. The highest BCUT2D eigenvalue weighted by Gasteiger charge is 2.15. The molecule has 1 aromatic carbocycles. The minimum atomic E-state index is -0.515. The van der Waals surface area contributed by atoms with Crippen LogP contribution in [0.2, 0.25) is 5.02 Å². The van der Waals surface area contributed by atoms with Crippen LogP contribution in [0.15, 0.2) is 24.3 Å². The molecule has 21 heavy (non-hydrogen) atoms. The minimum Gasteiger partial charge on any atom is -0.493 e. The van der Waals surface area contributed by atoms with Gasteiger partial charge in [0.1, 0.15) is 5.75 Å². The maximum atomic E-state index is 11.7.